The fourth-order valence-corrected chi connectivity index (χ4v) is 14.5. The number of fused-ring (bicyclic) bond motifs is 13. The predicted octanol–water partition coefficient (Wildman–Crippen LogP) is 24.2. The van der Waals surface area contributed by atoms with E-state index in [0.29, 0.717) is 0 Å². The van der Waals surface area contributed by atoms with Gasteiger partial charge in [-0.15, -0.1) is 22.7 Å². The number of thiophene rings is 2. The molecule has 0 aliphatic heterocycles. The third-order valence-electron chi connectivity index (χ3n) is 16.4. The molecular weight excluding hydrogens is 1090 g/mol. The van der Waals surface area contributed by atoms with Gasteiger partial charge in [-0.05, 0) is 135 Å². The van der Waals surface area contributed by atoms with E-state index in [1.807, 2.05) is 53.0 Å². The van der Waals surface area contributed by atoms with Gasteiger partial charge in [0.2, 0.25) is 0 Å². The molecule has 0 amide bonds. The molecule has 87 heavy (non-hydrogen) atoms. The molecule has 0 radical (unpaired) electrons. The number of rotatable bonds is 8. The molecule has 0 unspecified atom stereocenters. The maximum atomic E-state index is 3.62. The molecule has 2 aromatic heterocycles. The summed E-state index contributed by atoms with van der Waals surface area (Å²) in [6, 6.07) is 111. The Kier molecular flexibility index (Phi) is 15.2. The van der Waals surface area contributed by atoms with Crippen LogP contribution >= 0.6 is 22.7 Å². The summed E-state index contributed by atoms with van der Waals surface area (Å²) in [6.45, 7) is 4.62. The fraction of sp³-hybridized carbons (Fsp3) is 0.0370. The first-order valence-electron chi connectivity index (χ1n) is 29.6. The summed E-state index contributed by atoms with van der Waals surface area (Å²) in [5.41, 5.74) is 14.7. The Bertz CT molecular complexity index is 5080. The van der Waals surface area contributed by atoms with Crippen LogP contribution in [0.4, 0.5) is 45.5 Å². The second-order valence-electron chi connectivity index (χ2n) is 22.3. The van der Waals surface area contributed by atoms with E-state index in [0.717, 1.165) is 39.8 Å². The summed E-state index contributed by atoms with van der Waals surface area (Å²) in [6.07, 6.45) is 0. The molecule has 6 heteroatoms. The first-order valence-corrected chi connectivity index (χ1v) is 31.2. The van der Waals surface area contributed by atoms with Crippen LogP contribution in [0.5, 0.6) is 0 Å². The van der Waals surface area contributed by atoms with E-state index in [4.69, 9.17) is 0 Å². The van der Waals surface area contributed by atoms with Gasteiger partial charge in [0.05, 0.1) is 0 Å². The number of hydrogen-bond donors (Lipinski definition) is 4. The van der Waals surface area contributed by atoms with Crippen molar-refractivity contribution in [2.45, 2.75) is 19.3 Å². The van der Waals surface area contributed by atoms with Crippen LogP contribution in [0.15, 0.2) is 315 Å². The van der Waals surface area contributed by atoms with Crippen molar-refractivity contribution in [1.29, 1.82) is 0 Å². The van der Waals surface area contributed by atoms with Crippen molar-refractivity contribution >= 4 is 141 Å². The summed E-state index contributed by atoms with van der Waals surface area (Å²) in [4.78, 5) is 0. The Morgan fingerprint density at radius 3 is 1.47 bits per heavy atom. The predicted molar refractivity (Wildman–Crippen MR) is 381 cm³/mol. The van der Waals surface area contributed by atoms with Crippen molar-refractivity contribution in [2.24, 2.45) is 0 Å². The fourth-order valence-electron chi connectivity index (χ4n) is 12.1. The summed E-state index contributed by atoms with van der Waals surface area (Å²) in [5, 5.41) is 27.1. The van der Waals surface area contributed by atoms with Gasteiger partial charge in [0.1, 0.15) is 0 Å². The van der Waals surface area contributed by atoms with E-state index in [1.54, 1.807) is 0 Å². The Labute approximate surface area is 515 Å². The molecule has 1 aliphatic carbocycles. The highest BCUT2D eigenvalue weighted by Crippen LogP contribution is 2.50. The van der Waals surface area contributed by atoms with Crippen molar-refractivity contribution in [3.63, 3.8) is 0 Å². The summed E-state index contributed by atoms with van der Waals surface area (Å²) >= 11 is 3.73. The van der Waals surface area contributed by atoms with Crippen LogP contribution < -0.4 is 21.3 Å². The van der Waals surface area contributed by atoms with E-state index in [9.17, 15) is 0 Å². The third-order valence-corrected chi connectivity index (χ3v) is 18.7. The van der Waals surface area contributed by atoms with E-state index in [2.05, 4.69) is 320 Å². The van der Waals surface area contributed by atoms with Crippen molar-refractivity contribution in [3.8, 4) is 11.1 Å². The molecule has 1 aliphatic rings. The molecule has 0 saturated carbocycles. The maximum Gasteiger partial charge on any atom is 0.0478 e. The van der Waals surface area contributed by atoms with Gasteiger partial charge in [-0.3, -0.25) is 0 Å². The highest BCUT2D eigenvalue weighted by Gasteiger charge is 2.35. The monoisotopic (exact) mass is 1150 g/mol. The molecule has 2 heterocycles. The van der Waals surface area contributed by atoms with Crippen LogP contribution in [-0.4, -0.2) is 0 Å². The molecule has 0 bridgehead atoms. The topological polar surface area (TPSA) is 48.1 Å². The minimum Gasteiger partial charge on any atom is -0.356 e. The second kappa shape index (κ2) is 24.2. The first kappa shape index (κ1) is 54.4. The van der Waals surface area contributed by atoms with Crippen LogP contribution in [0.2, 0.25) is 0 Å². The minimum absolute atomic E-state index is 0.0559. The van der Waals surface area contributed by atoms with Crippen molar-refractivity contribution in [1.82, 2.24) is 0 Å². The van der Waals surface area contributed by atoms with Crippen molar-refractivity contribution in [3.05, 3.63) is 327 Å². The number of anilines is 8. The Morgan fingerprint density at radius 2 is 0.736 bits per heavy atom. The van der Waals surface area contributed by atoms with E-state index in [-0.39, 0.29) is 5.41 Å². The van der Waals surface area contributed by atoms with Gasteiger partial charge in [0.25, 0.3) is 0 Å². The summed E-state index contributed by atoms with van der Waals surface area (Å²) in [5.74, 6) is 0. The lowest BCUT2D eigenvalue weighted by Gasteiger charge is -2.22. The maximum absolute atomic E-state index is 3.62. The Balaban J connectivity index is 0.000000103. The first-order chi connectivity index (χ1) is 42.9. The van der Waals surface area contributed by atoms with Gasteiger partial charge in [0.15, 0.2) is 0 Å². The van der Waals surface area contributed by atoms with Crippen molar-refractivity contribution < 1.29 is 0 Å². The van der Waals surface area contributed by atoms with Crippen LogP contribution in [0.3, 0.4) is 0 Å². The van der Waals surface area contributed by atoms with Gasteiger partial charge < -0.3 is 21.3 Å². The van der Waals surface area contributed by atoms with E-state index >= 15 is 0 Å². The number of nitrogens with one attached hydrogen (secondary N) is 4. The molecule has 4 N–H and O–H groups in total. The van der Waals surface area contributed by atoms with Gasteiger partial charge in [-0.2, -0.15) is 0 Å². The zero-order valence-corrected chi connectivity index (χ0v) is 50.0. The number of para-hydroxylation sites is 3. The largest absolute Gasteiger partial charge is 0.356 e. The second-order valence-corrected chi connectivity index (χ2v) is 24.5. The van der Waals surface area contributed by atoms with Gasteiger partial charge in [-0.1, -0.05) is 232 Å². The molecule has 16 aromatic rings. The molecule has 17 rings (SSSR count). The standard InChI is InChI=1S/2C22H15NS.C21H19N.C16H13N/c1-2-7-16-14-17(13-12-15(16)6-1)23-19-9-5-11-21-22(19)18-8-3-4-10-20(18)24-21;1-2-8-15(9-3-1)23-20-14-19-17-11-6-7-13-21(17)24-22(19)18-12-5-4-10-16(18)20;1-21(2)19-11-7-6-10-17(19)18-13-12-16(14-20(18)21)22-15-8-4-3-5-9-15;1-2-9-14(10-3-1)17-16-12-6-8-13-7-4-5-11-15(13)16/h2*1-14,23H;3-14,22H,1-2H3;1-12,17H. The van der Waals surface area contributed by atoms with Crippen LogP contribution in [0.25, 0.3) is 83.8 Å². The highest BCUT2D eigenvalue weighted by atomic mass is 32.1. The number of benzene rings is 14. The molecule has 0 fully saturated rings. The molecule has 0 atom stereocenters. The molecule has 0 spiro atoms. The lowest BCUT2D eigenvalue weighted by Crippen LogP contribution is -2.15. The van der Waals surface area contributed by atoms with Gasteiger partial charge >= 0.3 is 0 Å². The van der Waals surface area contributed by atoms with E-state index < -0.39 is 0 Å². The lowest BCUT2D eigenvalue weighted by atomic mass is 9.82. The van der Waals surface area contributed by atoms with E-state index in [1.165, 1.54) is 101 Å². The third kappa shape index (κ3) is 11.4. The highest BCUT2D eigenvalue weighted by molar-refractivity contribution is 7.27. The lowest BCUT2D eigenvalue weighted by molar-refractivity contribution is 0.660. The zero-order valence-electron chi connectivity index (χ0n) is 48.3. The molecule has 418 valence electrons. The van der Waals surface area contributed by atoms with Crippen LogP contribution in [-0.2, 0) is 5.41 Å². The van der Waals surface area contributed by atoms with Gasteiger partial charge in [0, 0.05) is 107 Å². The van der Waals surface area contributed by atoms with Gasteiger partial charge in [-0.25, -0.2) is 0 Å². The van der Waals surface area contributed by atoms with Crippen molar-refractivity contribution in [2.75, 3.05) is 21.3 Å². The molecule has 4 nitrogen and oxygen atoms in total. The SMILES string of the molecule is CC1(C)c2ccccc2-c2ccc(Nc3ccccc3)cc21.c1ccc(Nc2cc3c4ccccc4sc3c3ccccc23)cc1.c1ccc(Nc2cccc3ccccc23)cc1.c1ccc2cc(Nc3cccc4sc5ccccc5c34)ccc2c1. The zero-order chi connectivity index (χ0) is 58.5. The quantitative estimate of drug-likeness (QED) is 0.122. The molecule has 0 saturated heterocycles. The molecular formula is C81H62N4S2. The normalized spacial score (nSPS) is 11.9. The summed E-state index contributed by atoms with van der Waals surface area (Å²) in [7, 11) is 0. The van der Waals surface area contributed by atoms with Crippen LogP contribution in [0.1, 0.15) is 25.0 Å². The Hall–Kier alpha value is -10.5. The average Bonchev–Trinajstić information content (AvgIpc) is 1.75. The summed E-state index contributed by atoms with van der Waals surface area (Å²) < 4.78 is 5.36. The molecule has 14 aromatic carbocycles. The number of hydrogen-bond acceptors (Lipinski definition) is 6. The Morgan fingerprint density at radius 1 is 0.253 bits per heavy atom. The average molecular weight is 1160 g/mol. The van der Waals surface area contributed by atoms with Crippen LogP contribution in [0, 0.1) is 0 Å². The minimum atomic E-state index is 0.0559. The smallest absolute Gasteiger partial charge is 0.0478 e.